The van der Waals surface area contributed by atoms with Gasteiger partial charge in [0, 0.05) is 45.0 Å². The van der Waals surface area contributed by atoms with Crippen molar-refractivity contribution in [3.63, 3.8) is 0 Å². The molecule has 8 nitrogen and oxygen atoms in total. The summed E-state index contributed by atoms with van der Waals surface area (Å²) >= 11 is 0. The van der Waals surface area contributed by atoms with Crippen molar-refractivity contribution in [3.05, 3.63) is 17.8 Å². The second kappa shape index (κ2) is 10.7. The third-order valence-corrected chi connectivity index (χ3v) is 9.05. The maximum atomic E-state index is 13.9. The lowest BCUT2D eigenvalue weighted by atomic mass is 9.91. The second-order valence-electron chi connectivity index (χ2n) is 9.56. The van der Waals surface area contributed by atoms with Gasteiger partial charge in [-0.25, -0.2) is 13.4 Å². The smallest absolute Gasteiger partial charge is 0.247 e. The van der Waals surface area contributed by atoms with Crippen LogP contribution in [0.3, 0.4) is 0 Å². The van der Waals surface area contributed by atoms with Crippen LogP contribution in [0.1, 0.15) is 65.0 Å². The number of carbonyl (C=O) groups excluding carboxylic acids is 1. The number of aryl methyl sites for hydroxylation is 1. The summed E-state index contributed by atoms with van der Waals surface area (Å²) in [5.41, 5.74) is 0.766. The van der Waals surface area contributed by atoms with E-state index < -0.39 is 16.1 Å². The molecule has 1 aliphatic heterocycles. The van der Waals surface area contributed by atoms with Gasteiger partial charge in [-0.2, -0.15) is 4.31 Å². The Labute approximate surface area is 199 Å². The summed E-state index contributed by atoms with van der Waals surface area (Å²) in [5, 5.41) is 0. The van der Waals surface area contributed by atoms with Gasteiger partial charge < -0.3 is 14.5 Å². The molecule has 0 radical (unpaired) electrons. The summed E-state index contributed by atoms with van der Waals surface area (Å²) in [6, 6.07) is 2.88. The molecule has 1 amide bonds. The lowest BCUT2D eigenvalue weighted by Crippen LogP contribution is -2.51. The number of amides is 1. The molecule has 1 aromatic heterocycles. The third-order valence-electron chi connectivity index (χ3n) is 7.12. The molecule has 33 heavy (non-hydrogen) atoms. The highest BCUT2D eigenvalue weighted by Crippen LogP contribution is 2.33. The molecule has 3 rings (SSSR count). The number of likely N-dealkylation sites (N-methyl/N-ethyl adjacent to an activating group) is 1. The van der Waals surface area contributed by atoms with Crippen molar-refractivity contribution in [1.29, 1.82) is 0 Å². The molecule has 2 fully saturated rings. The van der Waals surface area contributed by atoms with E-state index >= 15 is 0 Å². The van der Waals surface area contributed by atoms with Gasteiger partial charge in [0.15, 0.2) is 0 Å². The first-order chi connectivity index (χ1) is 15.6. The number of hydrogen-bond donors (Lipinski definition) is 0. The highest BCUT2D eigenvalue weighted by molar-refractivity contribution is 7.89. The van der Waals surface area contributed by atoms with Gasteiger partial charge in [0.25, 0.3) is 0 Å². The predicted molar refractivity (Wildman–Crippen MR) is 130 cm³/mol. The van der Waals surface area contributed by atoms with Crippen LogP contribution in [-0.2, 0) is 19.6 Å². The Kier molecular flexibility index (Phi) is 8.40. The summed E-state index contributed by atoms with van der Waals surface area (Å²) in [5.74, 6) is 0.352. The SMILES string of the molecule is CCN(c1nc(C)ccc1S(=O)(=O)N1CCC[C@H]1C(=O)N(C)[C@H]1CCC[C@H](OC)C1)C(C)C. The number of methoxy groups -OCH3 is 1. The highest BCUT2D eigenvalue weighted by atomic mass is 32.2. The van der Waals surface area contributed by atoms with Crippen LogP contribution >= 0.6 is 0 Å². The molecule has 0 spiro atoms. The lowest BCUT2D eigenvalue weighted by Gasteiger charge is -2.37. The first kappa shape index (κ1) is 25.9. The Bertz CT molecular complexity index is 936. The van der Waals surface area contributed by atoms with Crippen molar-refractivity contribution in [2.24, 2.45) is 0 Å². The molecule has 1 aromatic rings. The number of hydrogen-bond acceptors (Lipinski definition) is 6. The van der Waals surface area contributed by atoms with Gasteiger partial charge in [0.1, 0.15) is 16.8 Å². The highest BCUT2D eigenvalue weighted by Gasteiger charge is 2.43. The number of sulfonamides is 1. The van der Waals surface area contributed by atoms with E-state index in [1.807, 2.05) is 39.6 Å². The molecule has 3 atom stereocenters. The minimum absolute atomic E-state index is 0.0782. The van der Waals surface area contributed by atoms with Crippen molar-refractivity contribution < 1.29 is 17.9 Å². The van der Waals surface area contributed by atoms with E-state index in [4.69, 9.17) is 4.74 Å². The fourth-order valence-electron chi connectivity index (χ4n) is 5.20. The lowest BCUT2D eigenvalue weighted by molar-refractivity contribution is -0.136. The topological polar surface area (TPSA) is 83.1 Å². The zero-order valence-electron chi connectivity index (χ0n) is 21.0. The normalized spacial score (nSPS) is 24.3. The first-order valence-electron chi connectivity index (χ1n) is 12.2. The first-order valence-corrected chi connectivity index (χ1v) is 13.6. The molecule has 1 saturated carbocycles. The molecule has 9 heteroatoms. The molecule has 2 heterocycles. The van der Waals surface area contributed by atoms with E-state index in [9.17, 15) is 13.2 Å². The molecular weight excluding hydrogens is 440 g/mol. The number of anilines is 1. The quantitative estimate of drug-likeness (QED) is 0.568. The molecular formula is C24H40N4O4S. The average molecular weight is 481 g/mol. The minimum Gasteiger partial charge on any atom is -0.381 e. The Balaban J connectivity index is 1.90. The Morgan fingerprint density at radius 3 is 2.61 bits per heavy atom. The van der Waals surface area contributed by atoms with E-state index in [1.165, 1.54) is 4.31 Å². The van der Waals surface area contributed by atoms with Crippen LogP contribution in [0.25, 0.3) is 0 Å². The van der Waals surface area contributed by atoms with Gasteiger partial charge in [-0.3, -0.25) is 4.79 Å². The van der Waals surface area contributed by atoms with Crippen molar-refractivity contribution in [3.8, 4) is 0 Å². The number of aromatic nitrogens is 1. The number of rotatable bonds is 8. The fraction of sp³-hybridized carbons (Fsp3) is 0.750. The predicted octanol–water partition coefficient (Wildman–Crippen LogP) is 3.19. The van der Waals surface area contributed by atoms with Crippen molar-refractivity contribution in [2.75, 3.05) is 32.1 Å². The molecule has 1 saturated heterocycles. The Morgan fingerprint density at radius 2 is 1.97 bits per heavy atom. The van der Waals surface area contributed by atoms with Crippen LogP contribution in [0.15, 0.2) is 17.0 Å². The largest absolute Gasteiger partial charge is 0.381 e. The van der Waals surface area contributed by atoms with E-state index in [0.717, 1.165) is 31.4 Å². The van der Waals surface area contributed by atoms with E-state index in [2.05, 4.69) is 4.98 Å². The van der Waals surface area contributed by atoms with Crippen LogP contribution in [0.4, 0.5) is 5.82 Å². The number of ether oxygens (including phenoxy) is 1. The van der Waals surface area contributed by atoms with Gasteiger partial charge in [0.05, 0.1) is 6.10 Å². The van der Waals surface area contributed by atoms with Crippen molar-refractivity contribution >= 4 is 21.7 Å². The standard InChI is InChI=1S/C24H40N4O4S/c1-7-27(17(2)3)23-22(14-13-18(4)25-23)33(30,31)28-15-9-12-21(28)24(29)26(5)19-10-8-11-20(16-19)32-6/h13-14,17,19-21H,7-12,15-16H2,1-6H3/t19-,20-,21-/m0/s1. The molecule has 0 unspecified atom stereocenters. The fourth-order valence-corrected chi connectivity index (χ4v) is 6.99. The number of nitrogens with zero attached hydrogens (tertiary/aromatic N) is 4. The molecule has 0 N–H and O–H groups in total. The Hall–Kier alpha value is -1.71. The van der Waals surface area contributed by atoms with Crippen molar-refractivity contribution in [1.82, 2.24) is 14.2 Å². The summed E-state index contributed by atoms with van der Waals surface area (Å²) in [6.45, 7) is 8.90. The number of carbonyl (C=O) groups is 1. The zero-order valence-corrected chi connectivity index (χ0v) is 21.8. The molecule has 2 aliphatic rings. The minimum atomic E-state index is -3.89. The van der Waals surface area contributed by atoms with Crippen LogP contribution in [0.5, 0.6) is 0 Å². The maximum Gasteiger partial charge on any atom is 0.247 e. The number of pyridine rings is 1. The van der Waals surface area contributed by atoms with Crippen LogP contribution < -0.4 is 4.90 Å². The van der Waals surface area contributed by atoms with E-state index in [0.29, 0.717) is 31.7 Å². The summed E-state index contributed by atoms with van der Waals surface area (Å²) in [7, 11) is -0.369. The summed E-state index contributed by atoms with van der Waals surface area (Å²) in [6.07, 6.45) is 5.10. The average Bonchev–Trinajstić information content (AvgIpc) is 3.29. The third kappa shape index (κ3) is 5.35. The van der Waals surface area contributed by atoms with Gasteiger partial charge in [-0.15, -0.1) is 0 Å². The summed E-state index contributed by atoms with van der Waals surface area (Å²) < 4.78 is 34.7. The van der Waals surface area contributed by atoms with Crippen LogP contribution in [-0.4, -0.2) is 80.0 Å². The van der Waals surface area contributed by atoms with Crippen molar-refractivity contribution in [2.45, 2.75) is 95.3 Å². The second-order valence-corrected chi connectivity index (χ2v) is 11.4. The van der Waals surface area contributed by atoms with Gasteiger partial charge >= 0.3 is 0 Å². The van der Waals surface area contributed by atoms with Crippen LogP contribution in [0, 0.1) is 6.92 Å². The van der Waals surface area contributed by atoms with Gasteiger partial charge in [0.2, 0.25) is 15.9 Å². The van der Waals surface area contributed by atoms with E-state index in [-0.39, 0.29) is 29.0 Å². The van der Waals surface area contributed by atoms with Gasteiger partial charge in [-0.1, -0.05) is 0 Å². The van der Waals surface area contributed by atoms with Crippen LogP contribution in [0.2, 0.25) is 0 Å². The van der Waals surface area contributed by atoms with E-state index in [1.54, 1.807) is 24.1 Å². The molecule has 1 aliphatic carbocycles. The summed E-state index contributed by atoms with van der Waals surface area (Å²) in [4.78, 5) is 22.1. The molecule has 186 valence electrons. The monoisotopic (exact) mass is 480 g/mol. The zero-order chi connectivity index (χ0) is 24.3. The maximum absolute atomic E-state index is 13.9. The van der Waals surface area contributed by atoms with Gasteiger partial charge in [-0.05, 0) is 78.4 Å². The molecule has 0 bridgehead atoms. The Morgan fingerprint density at radius 1 is 1.24 bits per heavy atom. The molecule has 0 aromatic carbocycles.